The summed E-state index contributed by atoms with van der Waals surface area (Å²) in [5, 5.41) is 5.25. The Kier molecular flexibility index (Phi) is 2.54. The second kappa shape index (κ2) is 4.18. The van der Waals surface area contributed by atoms with Crippen molar-refractivity contribution in [2.24, 2.45) is 4.99 Å². The third-order valence-corrected chi connectivity index (χ3v) is 4.32. The smallest absolute Gasteiger partial charge is 0.233 e. The minimum absolute atomic E-state index is 0.182. The largest absolute Gasteiger partial charge is 0.471 e. The zero-order valence-corrected chi connectivity index (χ0v) is 9.68. The van der Waals surface area contributed by atoms with E-state index in [0.717, 1.165) is 5.23 Å². The molecule has 0 aromatic heterocycles. The molecule has 0 fully saturated rings. The Morgan fingerprint density at radius 1 is 1.12 bits per heavy atom. The molecule has 0 bridgehead atoms. The highest BCUT2D eigenvalue weighted by Gasteiger charge is 2.23. The predicted octanol–water partition coefficient (Wildman–Crippen LogP) is 3.16. The van der Waals surface area contributed by atoms with Crippen LogP contribution >= 0.6 is 10.9 Å². The van der Waals surface area contributed by atoms with E-state index in [4.69, 9.17) is 4.74 Å². The number of benzene rings is 1. The highest BCUT2D eigenvalue weighted by atomic mass is 32.2. The normalized spacial score (nSPS) is 24.6. The third-order valence-electron chi connectivity index (χ3n) is 2.65. The summed E-state index contributed by atoms with van der Waals surface area (Å²) in [6, 6.07) is 10.5. The van der Waals surface area contributed by atoms with E-state index in [2.05, 4.69) is 40.1 Å². The van der Waals surface area contributed by atoms with Crippen molar-refractivity contribution in [2.45, 2.75) is 6.04 Å². The molecular weight excluding hydrogens is 218 g/mol. The van der Waals surface area contributed by atoms with Crippen molar-refractivity contribution in [1.82, 2.24) is 0 Å². The quantitative estimate of drug-likeness (QED) is 0.737. The van der Waals surface area contributed by atoms with E-state index in [9.17, 15) is 0 Å². The predicted molar refractivity (Wildman–Crippen MR) is 69.8 cm³/mol. The SMILES string of the molecule is C1=C[SH](C2=N[C@@H](c3ccccc3)CO2)C=C1. The van der Waals surface area contributed by atoms with Crippen LogP contribution in [0.25, 0.3) is 0 Å². The molecular formula is C13H13NOS. The number of ether oxygens (including phenoxy) is 1. The first-order chi connectivity index (χ1) is 7.93. The van der Waals surface area contributed by atoms with E-state index in [0.29, 0.717) is 6.61 Å². The van der Waals surface area contributed by atoms with E-state index >= 15 is 0 Å². The van der Waals surface area contributed by atoms with Crippen LogP contribution in [0.15, 0.2) is 58.3 Å². The molecule has 0 saturated heterocycles. The summed E-state index contributed by atoms with van der Waals surface area (Å²) in [6.45, 7) is 0.680. The first-order valence-electron chi connectivity index (χ1n) is 5.32. The lowest BCUT2D eigenvalue weighted by Crippen LogP contribution is -1.98. The Bertz CT molecular complexity index is 452. The van der Waals surface area contributed by atoms with Gasteiger partial charge in [0.25, 0.3) is 0 Å². The van der Waals surface area contributed by atoms with Gasteiger partial charge in [0.05, 0.1) is 0 Å². The molecule has 0 N–H and O–H groups in total. The van der Waals surface area contributed by atoms with Gasteiger partial charge in [-0.3, -0.25) is 0 Å². The minimum atomic E-state index is -0.397. The lowest BCUT2D eigenvalue weighted by molar-refractivity contribution is 0.326. The highest BCUT2D eigenvalue weighted by molar-refractivity contribution is 8.34. The molecule has 2 aliphatic heterocycles. The average Bonchev–Trinajstić information content (AvgIpc) is 3.01. The van der Waals surface area contributed by atoms with Crippen LogP contribution in [0.3, 0.4) is 0 Å². The lowest BCUT2D eigenvalue weighted by atomic mass is 10.1. The molecule has 0 unspecified atom stereocenters. The summed E-state index contributed by atoms with van der Waals surface area (Å²) in [7, 11) is -0.397. The van der Waals surface area contributed by atoms with Crippen LogP contribution < -0.4 is 0 Å². The summed E-state index contributed by atoms with van der Waals surface area (Å²) in [5.74, 6) is 0. The van der Waals surface area contributed by atoms with Crippen LogP contribution in [0.1, 0.15) is 11.6 Å². The third kappa shape index (κ3) is 1.78. The molecule has 0 saturated carbocycles. The van der Waals surface area contributed by atoms with Crippen molar-refractivity contribution < 1.29 is 4.74 Å². The molecule has 0 amide bonds. The minimum Gasteiger partial charge on any atom is -0.471 e. The average molecular weight is 231 g/mol. The van der Waals surface area contributed by atoms with Gasteiger partial charge in [-0.2, -0.15) is 0 Å². The summed E-state index contributed by atoms with van der Waals surface area (Å²) >= 11 is 0. The zero-order valence-electron chi connectivity index (χ0n) is 8.78. The topological polar surface area (TPSA) is 21.6 Å². The van der Waals surface area contributed by atoms with Crippen molar-refractivity contribution in [3.63, 3.8) is 0 Å². The Hall–Kier alpha value is -1.48. The Morgan fingerprint density at radius 2 is 1.88 bits per heavy atom. The number of hydrogen-bond donors (Lipinski definition) is 1. The van der Waals surface area contributed by atoms with Crippen LogP contribution in [0.2, 0.25) is 0 Å². The van der Waals surface area contributed by atoms with Gasteiger partial charge in [-0.1, -0.05) is 42.5 Å². The van der Waals surface area contributed by atoms with Gasteiger partial charge in [0.15, 0.2) is 0 Å². The molecule has 3 heteroatoms. The number of allylic oxidation sites excluding steroid dienone is 2. The van der Waals surface area contributed by atoms with Gasteiger partial charge in [-0.15, -0.1) is 10.9 Å². The number of thiol groups is 1. The lowest BCUT2D eigenvalue weighted by Gasteiger charge is -2.07. The van der Waals surface area contributed by atoms with Crippen LogP contribution in [0.4, 0.5) is 0 Å². The molecule has 0 spiro atoms. The second-order valence-corrected chi connectivity index (χ2v) is 5.53. The standard InChI is InChI=1S/C13H13NOS/c1-2-6-11(7-3-1)12-10-15-13(14-12)16-8-4-5-9-16/h1-9,12,16H,10H2/t12-/m1/s1. The van der Waals surface area contributed by atoms with Gasteiger partial charge < -0.3 is 4.74 Å². The second-order valence-electron chi connectivity index (χ2n) is 3.74. The van der Waals surface area contributed by atoms with Gasteiger partial charge in [0, 0.05) is 0 Å². The molecule has 82 valence electrons. The van der Waals surface area contributed by atoms with Crippen molar-refractivity contribution in [1.29, 1.82) is 0 Å². The van der Waals surface area contributed by atoms with Gasteiger partial charge >= 0.3 is 0 Å². The highest BCUT2D eigenvalue weighted by Crippen LogP contribution is 2.39. The fourth-order valence-corrected chi connectivity index (χ4v) is 3.23. The number of hydrogen-bond acceptors (Lipinski definition) is 2. The van der Waals surface area contributed by atoms with Crippen LogP contribution in [0.5, 0.6) is 0 Å². The summed E-state index contributed by atoms with van der Waals surface area (Å²) in [4.78, 5) is 4.66. The maximum atomic E-state index is 5.68. The maximum Gasteiger partial charge on any atom is 0.233 e. The molecule has 1 aromatic rings. The summed E-state index contributed by atoms with van der Waals surface area (Å²) in [5.41, 5.74) is 1.24. The fourth-order valence-electron chi connectivity index (χ4n) is 1.81. The molecule has 16 heavy (non-hydrogen) atoms. The summed E-state index contributed by atoms with van der Waals surface area (Å²) in [6.07, 6.45) is 4.13. The van der Waals surface area contributed by atoms with Crippen LogP contribution in [-0.4, -0.2) is 11.8 Å². The first-order valence-corrected chi connectivity index (χ1v) is 6.80. The van der Waals surface area contributed by atoms with Crippen molar-refractivity contribution in [3.05, 3.63) is 58.9 Å². The van der Waals surface area contributed by atoms with Gasteiger partial charge in [0.2, 0.25) is 5.23 Å². The maximum absolute atomic E-state index is 5.68. The van der Waals surface area contributed by atoms with Crippen LogP contribution in [0, 0.1) is 0 Å². The zero-order chi connectivity index (χ0) is 10.8. The van der Waals surface area contributed by atoms with Gasteiger partial charge in [-0.05, 0) is 16.4 Å². The van der Waals surface area contributed by atoms with E-state index in [1.807, 2.05) is 18.2 Å². The number of rotatable bonds is 1. The van der Waals surface area contributed by atoms with E-state index in [1.54, 1.807) is 0 Å². The molecule has 0 radical (unpaired) electrons. The molecule has 1 aromatic carbocycles. The van der Waals surface area contributed by atoms with Crippen molar-refractivity contribution >= 4 is 16.1 Å². The van der Waals surface area contributed by atoms with Gasteiger partial charge in [-0.25, -0.2) is 4.99 Å². The van der Waals surface area contributed by atoms with Crippen molar-refractivity contribution in [2.75, 3.05) is 6.61 Å². The Morgan fingerprint density at radius 3 is 2.62 bits per heavy atom. The Balaban J connectivity index is 1.81. The molecule has 2 heterocycles. The summed E-state index contributed by atoms with van der Waals surface area (Å²) < 4.78 is 5.68. The number of aliphatic imine (C=N–C) groups is 1. The molecule has 0 aliphatic carbocycles. The van der Waals surface area contributed by atoms with E-state index < -0.39 is 10.9 Å². The van der Waals surface area contributed by atoms with Gasteiger partial charge in [0.1, 0.15) is 12.6 Å². The van der Waals surface area contributed by atoms with E-state index in [-0.39, 0.29) is 6.04 Å². The fraction of sp³-hybridized carbons (Fsp3) is 0.154. The number of nitrogens with zero attached hydrogens (tertiary/aromatic N) is 1. The first kappa shape index (κ1) is 9.73. The molecule has 1 atom stereocenters. The molecule has 3 rings (SSSR count). The van der Waals surface area contributed by atoms with E-state index in [1.165, 1.54) is 5.56 Å². The van der Waals surface area contributed by atoms with Crippen LogP contribution in [-0.2, 0) is 4.74 Å². The Labute approximate surface area is 97.7 Å². The monoisotopic (exact) mass is 231 g/mol. The molecule has 2 aliphatic rings. The van der Waals surface area contributed by atoms with Crippen molar-refractivity contribution in [3.8, 4) is 0 Å². The molecule has 2 nitrogen and oxygen atoms in total.